The Morgan fingerprint density at radius 2 is 0.897 bits per heavy atom. The smallest absolute Gasteiger partial charge is 0.0783 e. The molecule has 10 rings (SSSR count). The van der Waals surface area contributed by atoms with E-state index in [1.807, 2.05) is 24.8 Å². The molecule has 4 aromatic heterocycles. The lowest BCUT2D eigenvalue weighted by molar-refractivity contribution is 0.712. The number of aromatic nitrogens is 4. The molecule has 4 aromatic carbocycles. The number of para-hydroxylation sites is 4. The molecule has 0 atom stereocenters. The summed E-state index contributed by atoms with van der Waals surface area (Å²) in [5.41, 5.74) is 12.0. The predicted molar refractivity (Wildman–Crippen MR) is 156 cm³/mol. The van der Waals surface area contributed by atoms with E-state index in [-0.39, 0.29) is 0 Å². The lowest BCUT2D eigenvalue weighted by Crippen LogP contribution is -2.38. The fourth-order valence-corrected chi connectivity index (χ4v) is 7.78. The van der Waals surface area contributed by atoms with Crippen molar-refractivity contribution in [3.05, 3.63) is 144 Å². The summed E-state index contributed by atoms with van der Waals surface area (Å²) in [6, 6.07) is 35.9. The highest BCUT2D eigenvalue weighted by Gasteiger charge is 2.49. The van der Waals surface area contributed by atoms with E-state index in [0.29, 0.717) is 0 Å². The van der Waals surface area contributed by atoms with Crippen molar-refractivity contribution in [2.45, 2.75) is 5.41 Å². The van der Waals surface area contributed by atoms with Crippen LogP contribution in [0.25, 0.3) is 55.0 Å². The van der Waals surface area contributed by atoms with Gasteiger partial charge in [-0.3, -0.25) is 9.97 Å². The molecule has 0 bridgehead atoms. The van der Waals surface area contributed by atoms with Gasteiger partial charge in [0, 0.05) is 33.9 Å². The van der Waals surface area contributed by atoms with Crippen LogP contribution in [0.15, 0.2) is 122 Å². The van der Waals surface area contributed by atoms with Crippen LogP contribution in [0.4, 0.5) is 0 Å². The van der Waals surface area contributed by atoms with Gasteiger partial charge >= 0.3 is 0 Å². The molecule has 6 heterocycles. The highest BCUT2D eigenvalue weighted by atomic mass is 15.0. The Morgan fingerprint density at radius 1 is 0.436 bits per heavy atom. The standard InChI is InChI=1S/C35H20N4/c1-3-13-29-25(9-1)35(27-11-5-7-23-21-15-17-36-19-31(21)38(29)33(23)27)26-10-2-4-14-30(26)39-32-20-37-18-16-22(32)24-8-6-12-28(35)34(24)39/h1-20H. The van der Waals surface area contributed by atoms with Crippen LogP contribution >= 0.6 is 0 Å². The van der Waals surface area contributed by atoms with Gasteiger partial charge in [0.25, 0.3) is 0 Å². The van der Waals surface area contributed by atoms with Crippen molar-refractivity contribution in [2.75, 3.05) is 0 Å². The fourth-order valence-electron chi connectivity index (χ4n) is 7.78. The minimum absolute atomic E-state index is 0.484. The molecule has 0 fully saturated rings. The van der Waals surface area contributed by atoms with Crippen molar-refractivity contribution in [1.82, 2.24) is 19.1 Å². The van der Waals surface area contributed by atoms with Crippen LogP contribution in [0, 0.1) is 0 Å². The predicted octanol–water partition coefficient (Wildman–Crippen LogP) is 7.68. The third kappa shape index (κ3) is 2.06. The molecule has 2 aliphatic rings. The maximum absolute atomic E-state index is 4.54. The number of hydrogen-bond acceptors (Lipinski definition) is 2. The van der Waals surface area contributed by atoms with Crippen LogP contribution in [0.2, 0.25) is 0 Å². The molecule has 0 N–H and O–H groups in total. The van der Waals surface area contributed by atoms with E-state index in [1.54, 1.807) is 0 Å². The van der Waals surface area contributed by atoms with Crippen LogP contribution in [-0.2, 0) is 5.41 Å². The summed E-state index contributed by atoms with van der Waals surface area (Å²) < 4.78 is 4.87. The van der Waals surface area contributed by atoms with Crippen LogP contribution in [0.1, 0.15) is 22.3 Å². The fraction of sp³-hybridized carbons (Fsp3) is 0.0286. The Morgan fingerprint density at radius 3 is 1.41 bits per heavy atom. The summed E-state index contributed by atoms with van der Waals surface area (Å²) in [6.07, 6.45) is 7.82. The molecule has 2 aliphatic heterocycles. The van der Waals surface area contributed by atoms with E-state index < -0.39 is 5.41 Å². The Labute approximate surface area is 223 Å². The van der Waals surface area contributed by atoms with E-state index in [0.717, 1.165) is 11.0 Å². The van der Waals surface area contributed by atoms with Crippen molar-refractivity contribution in [3.63, 3.8) is 0 Å². The zero-order valence-corrected chi connectivity index (χ0v) is 20.8. The average molecular weight is 497 g/mol. The van der Waals surface area contributed by atoms with Gasteiger partial charge in [0.15, 0.2) is 0 Å². The Balaban J connectivity index is 1.54. The third-order valence-corrected chi connectivity index (χ3v) is 9.09. The maximum atomic E-state index is 4.54. The molecule has 8 aromatic rings. The zero-order chi connectivity index (χ0) is 25.3. The topological polar surface area (TPSA) is 35.6 Å². The largest absolute Gasteiger partial charge is 0.307 e. The van der Waals surface area contributed by atoms with E-state index >= 15 is 0 Å². The van der Waals surface area contributed by atoms with E-state index in [2.05, 4.69) is 116 Å². The first-order valence-electron chi connectivity index (χ1n) is 13.3. The van der Waals surface area contributed by atoms with Crippen molar-refractivity contribution in [3.8, 4) is 11.4 Å². The van der Waals surface area contributed by atoms with E-state index in [9.17, 15) is 0 Å². The molecule has 4 nitrogen and oxygen atoms in total. The molecule has 0 saturated heterocycles. The van der Waals surface area contributed by atoms with Crippen LogP contribution < -0.4 is 0 Å². The quantitative estimate of drug-likeness (QED) is 0.216. The van der Waals surface area contributed by atoms with Gasteiger partial charge in [-0.2, -0.15) is 0 Å². The highest BCUT2D eigenvalue weighted by molar-refractivity contribution is 6.15. The van der Waals surface area contributed by atoms with Crippen molar-refractivity contribution < 1.29 is 0 Å². The lowest BCUT2D eigenvalue weighted by atomic mass is 9.61. The lowest BCUT2D eigenvalue weighted by Gasteiger charge is -2.45. The van der Waals surface area contributed by atoms with Gasteiger partial charge in [-0.05, 0) is 46.5 Å². The minimum Gasteiger partial charge on any atom is -0.307 e. The molecule has 0 saturated carbocycles. The van der Waals surface area contributed by atoms with Crippen molar-refractivity contribution in [2.24, 2.45) is 0 Å². The van der Waals surface area contributed by atoms with Crippen LogP contribution in [0.3, 0.4) is 0 Å². The molecule has 39 heavy (non-hydrogen) atoms. The molecule has 0 aliphatic carbocycles. The van der Waals surface area contributed by atoms with Crippen LogP contribution in [-0.4, -0.2) is 19.1 Å². The number of hydrogen-bond donors (Lipinski definition) is 0. The molecule has 0 unspecified atom stereocenters. The number of benzene rings is 4. The van der Waals surface area contributed by atoms with E-state index in [4.69, 9.17) is 0 Å². The Bertz CT molecular complexity index is 2190. The highest BCUT2D eigenvalue weighted by Crippen LogP contribution is 2.59. The van der Waals surface area contributed by atoms with Gasteiger partial charge in [0.05, 0.1) is 51.3 Å². The molecular formula is C35H20N4. The third-order valence-electron chi connectivity index (χ3n) is 9.09. The monoisotopic (exact) mass is 496 g/mol. The van der Waals surface area contributed by atoms with Crippen molar-refractivity contribution in [1.29, 1.82) is 0 Å². The normalized spacial score (nSPS) is 14.4. The first-order valence-corrected chi connectivity index (χ1v) is 13.3. The van der Waals surface area contributed by atoms with E-state index in [1.165, 1.54) is 66.2 Å². The zero-order valence-electron chi connectivity index (χ0n) is 20.8. The summed E-state index contributed by atoms with van der Waals surface area (Å²) in [4.78, 5) is 9.08. The maximum Gasteiger partial charge on any atom is 0.0783 e. The van der Waals surface area contributed by atoms with Gasteiger partial charge in [0.2, 0.25) is 0 Å². The summed E-state index contributed by atoms with van der Waals surface area (Å²) in [5, 5.41) is 4.99. The van der Waals surface area contributed by atoms with Crippen LogP contribution in [0.5, 0.6) is 0 Å². The van der Waals surface area contributed by atoms with Gasteiger partial charge in [-0.25, -0.2) is 0 Å². The second kappa shape index (κ2) is 6.61. The molecule has 1 spiro atoms. The number of rotatable bonds is 0. The summed E-state index contributed by atoms with van der Waals surface area (Å²) in [5.74, 6) is 0. The molecule has 4 heteroatoms. The Hall–Kier alpha value is -5.22. The number of pyridine rings is 2. The van der Waals surface area contributed by atoms with Gasteiger partial charge in [-0.15, -0.1) is 0 Å². The van der Waals surface area contributed by atoms with Gasteiger partial charge in [-0.1, -0.05) is 72.8 Å². The second-order valence-electron chi connectivity index (χ2n) is 10.6. The summed E-state index contributed by atoms with van der Waals surface area (Å²) in [6.45, 7) is 0. The summed E-state index contributed by atoms with van der Waals surface area (Å²) in [7, 11) is 0. The van der Waals surface area contributed by atoms with Gasteiger partial charge in [0.1, 0.15) is 0 Å². The van der Waals surface area contributed by atoms with Gasteiger partial charge < -0.3 is 9.13 Å². The molecular weight excluding hydrogens is 476 g/mol. The molecule has 0 radical (unpaired) electrons. The SMILES string of the molecule is c1ccc2c(c1)-n1c3cnccc3c3cccc(c31)C21c2ccccc2-n2c3cnccc3c3cccc1c32. The first-order chi connectivity index (χ1) is 19.4. The minimum atomic E-state index is -0.484. The average Bonchev–Trinajstić information content (AvgIpc) is 3.52. The second-order valence-corrected chi connectivity index (χ2v) is 10.6. The number of nitrogens with zero attached hydrogens (tertiary/aromatic N) is 4. The molecule has 180 valence electrons. The number of fused-ring (bicyclic) bond motifs is 14. The summed E-state index contributed by atoms with van der Waals surface area (Å²) >= 11 is 0. The Kier molecular flexibility index (Phi) is 3.36. The first kappa shape index (κ1) is 19.8. The van der Waals surface area contributed by atoms with Crippen molar-refractivity contribution >= 4 is 43.6 Å². The molecule has 0 amide bonds.